The van der Waals surface area contributed by atoms with Gasteiger partial charge in [-0.1, -0.05) is 35.9 Å². The van der Waals surface area contributed by atoms with Crippen molar-refractivity contribution >= 4 is 40.5 Å². The van der Waals surface area contributed by atoms with Crippen LogP contribution in [-0.4, -0.2) is 16.9 Å². The van der Waals surface area contributed by atoms with Crippen LogP contribution in [0.1, 0.15) is 31.8 Å². The number of carbonyl (C=O) groups excluding carboxylic acids is 2. The highest BCUT2D eigenvalue weighted by Gasteiger charge is 2.10. The highest BCUT2D eigenvalue weighted by molar-refractivity contribution is 7.80. The molecule has 0 unspecified atom stereocenters. The van der Waals surface area contributed by atoms with E-state index >= 15 is 0 Å². The lowest BCUT2D eigenvalue weighted by Crippen LogP contribution is -2.34. The van der Waals surface area contributed by atoms with Gasteiger partial charge in [0, 0.05) is 22.5 Å². The fourth-order valence-corrected chi connectivity index (χ4v) is 3.00. The molecule has 3 rings (SSSR count). The molecule has 0 saturated heterocycles. The van der Waals surface area contributed by atoms with E-state index in [1.807, 2.05) is 50.2 Å². The van der Waals surface area contributed by atoms with Gasteiger partial charge in [0.05, 0.1) is 0 Å². The molecular formula is C23H21N3O2S. The molecule has 0 aliphatic carbocycles. The first-order valence-corrected chi connectivity index (χ1v) is 9.49. The predicted octanol–water partition coefficient (Wildman–Crippen LogP) is 4.68. The molecule has 0 aliphatic rings. The lowest BCUT2D eigenvalue weighted by Gasteiger charge is -2.11. The van der Waals surface area contributed by atoms with Crippen LogP contribution >= 0.6 is 12.2 Å². The van der Waals surface area contributed by atoms with E-state index in [2.05, 4.69) is 16.0 Å². The Bertz CT molecular complexity index is 1060. The van der Waals surface area contributed by atoms with Crippen LogP contribution in [0.5, 0.6) is 0 Å². The van der Waals surface area contributed by atoms with E-state index in [0.29, 0.717) is 22.5 Å². The van der Waals surface area contributed by atoms with Gasteiger partial charge in [0.1, 0.15) is 0 Å². The number of thiocarbonyl (C=S) groups is 1. The van der Waals surface area contributed by atoms with Crippen LogP contribution in [0.2, 0.25) is 0 Å². The molecule has 2 amide bonds. The average molecular weight is 404 g/mol. The maximum Gasteiger partial charge on any atom is 0.257 e. The van der Waals surface area contributed by atoms with E-state index < -0.39 is 0 Å². The molecule has 3 aromatic carbocycles. The van der Waals surface area contributed by atoms with Gasteiger partial charge in [-0.2, -0.15) is 0 Å². The van der Waals surface area contributed by atoms with Crippen LogP contribution in [0, 0.1) is 13.8 Å². The lowest BCUT2D eigenvalue weighted by molar-refractivity contribution is 0.0975. The summed E-state index contributed by atoms with van der Waals surface area (Å²) in [6.45, 7) is 3.81. The smallest absolute Gasteiger partial charge is 0.257 e. The quantitative estimate of drug-likeness (QED) is 0.553. The van der Waals surface area contributed by atoms with Gasteiger partial charge in [-0.05, 0) is 74.1 Å². The van der Waals surface area contributed by atoms with Crippen molar-refractivity contribution < 1.29 is 9.59 Å². The standard InChI is InChI=1S/C23H21N3O2S/c1-15-6-5-8-17(14-15)21(27)24-18-10-12-19(13-11-18)25-23(29)26-22(28)20-9-4-3-7-16(20)2/h3-14H,1-2H3,(H,24,27)(H2,25,26,28,29). The van der Waals surface area contributed by atoms with Crippen molar-refractivity contribution in [2.75, 3.05) is 10.6 Å². The predicted molar refractivity (Wildman–Crippen MR) is 120 cm³/mol. The molecule has 0 aromatic heterocycles. The maximum absolute atomic E-state index is 12.3. The summed E-state index contributed by atoms with van der Waals surface area (Å²) in [7, 11) is 0. The fourth-order valence-electron chi connectivity index (χ4n) is 2.79. The number of amides is 2. The van der Waals surface area contributed by atoms with Gasteiger partial charge in [-0.15, -0.1) is 0 Å². The summed E-state index contributed by atoms with van der Waals surface area (Å²) in [6.07, 6.45) is 0. The Balaban J connectivity index is 1.57. The molecule has 0 spiro atoms. The van der Waals surface area contributed by atoms with E-state index in [1.54, 1.807) is 36.4 Å². The van der Waals surface area contributed by atoms with Crippen molar-refractivity contribution in [1.29, 1.82) is 0 Å². The number of aryl methyl sites for hydroxylation is 2. The average Bonchev–Trinajstić information content (AvgIpc) is 2.69. The molecule has 6 heteroatoms. The second-order valence-electron chi connectivity index (χ2n) is 6.62. The first-order valence-electron chi connectivity index (χ1n) is 9.08. The fraction of sp³-hybridized carbons (Fsp3) is 0.0870. The van der Waals surface area contributed by atoms with E-state index in [9.17, 15) is 9.59 Å². The zero-order valence-electron chi connectivity index (χ0n) is 16.2. The number of hydrogen-bond donors (Lipinski definition) is 3. The summed E-state index contributed by atoms with van der Waals surface area (Å²) in [4.78, 5) is 24.6. The zero-order chi connectivity index (χ0) is 20.8. The van der Waals surface area contributed by atoms with Gasteiger partial charge >= 0.3 is 0 Å². The van der Waals surface area contributed by atoms with Crippen molar-refractivity contribution in [3.05, 3.63) is 95.1 Å². The first-order chi connectivity index (χ1) is 13.9. The van der Waals surface area contributed by atoms with Crippen LogP contribution in [-0.2, 0) is 0 Å². The van der Waals surface area contributed by atoms with Crippen LogP contribution in [0.3, 0.4) is 0 Å². The van der Waals surface area contributed by atoms with E-state index in [4.69, 9.17) is 12.2 Å². The molecule has 5 nitrogen and oxygen atoms in total. The summed E-state index contributed by atoms with van der Waals surface area (Å²) in [6, 6.07) is 21.8. The summed E-state index contributed by atoms with van der Waals surface area (Å²) < 4.78 is 0. The molecule has 0 fully saturated rings. The van der Waals surface area contributed by atoms with Crippen LogP contribution < -0.4 is 16.0 Å². The van der Waals surface area contributed by atoms with Crippen molar-refractivity contribution in [2.45, 2.75) is 13.8 Å². The van der Waals surface area contributed by atoms with E-state index in [-0.39, 0.29) is 16.9 Å². The lowest BCUT2D eigenvalue weighted by atomic mass is 10.1. The second kappa shape index (κ2) is 9.12. The topological polar surface area (TPSA) is 70.2 Å². The molecule has 0 aliphatic heterocycles. The van der Waals surface area contributed by atoms with Crippen LogP contribution in [0.15, 0.2) is 72.8 Å². The molecule has 0 bridgehead atoms. The number of hydrogen-bond acceptors (Lipinski definition) is 3. The van der Waals surface area contributed by atoms with Crippen molar-refractivity contribution in [3.63, 3.8) is 0 Å². The van der Waals surface area contributed by atoms with Crippen molar-refractivity contribution in [1.82, 2.24) is 5.32 Å². The minimum absolute atomic E-state index is 0.171. The SMILES string of the molecule is Cc1cccc(C(=O)Nc2ccc(NC(=S)NC(=O)c3ccccc3C)cc2)c1. The largest absolute Gasteiger partial charge is 0.332 e. The normalized spacial score (nSPS) is 10.1. The Hall–Kier alpha value is -3.51. The van der Waals surface area contributed by atoms with E-state index in [0.717, 1.165) is 11.1 Å². The summed E-state index contributed by atoms with van der Waals surface area (Å²) in [5, 5.41) is 8.70. The van der Waals surface area contributed by atoms with Gasteiger partial charge in [0.15, 0.2) is 5.11 Å². The molecule has 0 heterocycles. The van der Waals surface area contributed by atoms with E-state index in [1.165, 1.54) is 0 Å². The number of benzene rings is 3. The Kier molecular flexibility index (Phi) is 6.36. The number of rotatable bonds is 4. The van der Waals surface area contributed by atoms with Gasteiger partial charge in [0.2, 0.25) is 0 Å². The molecule has 0 radical (unpaired) electrons. The number of nitrogens with one attached hydrogen (secondary N) is 3. The summed E-state index contributed by atoms with van der Waals surface area (Å²) in [5.74, 6) is -0.432. The maximum atomic E-state index is 12.3. The van der Waals surface area contributed by atoms with Gasteiger partial charge < -0.3 is 10.6 Å². The second-order valence-corrected chi connectivity index (χ2v) is 7.03. The highest BCUT2D eigenvalue weighted by atomic mass is 32.1. The minimum atomic E-state index is -0.261. The molecule has 29 heavy (non-hydrogen) atoms. The third kappa shape index (κ3) is 5.49. The number of carbonyl (C=O) groups is 2. The van der Waals surface area contributed by atoms with Gasteiger partial charge in [-0.25, -0.2) is 0 Å². The minimum Gasteiger partial charge on any atom is -0.332 e. The Morgan fingerprint density at radius 3 is 2.07 bits per heavy atom. The number of anilines is 2. The molecule has 146 valence electrons. The molecule has 0 atom stereocenters. The van der Waals surface area contributed by atoms with Crippen LogP contribution in [0.25, 0.3) is 0 Å². The zero-order valence-corrected chi connectivity index (χ0v) is 17.0. The molecule has 3 aromatic rings. The molecular weight excluding hydrogens is 382 g/mol. The van der Waals surface area contributed by atoms with Crippen molar-refractivity contribution in [2.24, 2.45) is 0 Å². The molecule has 0 saturated carbocycles. The van der Waals surface area contributed by atoms with Crippen LogP contribution in [0.4, 0.5) is 11.4 Å². The third-order valence-electron chi connectivity index (χ3n) is 4.30. The summed E-state index contributed by atoms with van der Waals surface area (Å²) in [5.41, 5.74) is 4.45. The third-order valence-corrected chi connectivity index (χ3v) is 4.50. The summed E-state index contributed by atoms with van der Waals surface area (Å²) >= 11 is 5.22. The van der Waals surface area contributed by atoms with Gasteiger partial charge in [-0.3, -0.25) is 14.9 Å². The first kappa shape index (κ1) is 20.2. The highest BCUT2D eigenvalue weighted by Crippen LogP contribution is 2.15. The molecule has 3 N–H and O–H groups in total. The van der Waals surface area contributed by atoms with Gasteiger partial charge in [0.25, 0.3) is 11.8 Å². The Morgan fingerprint density at radius 1 is 0.759 bits per heavy atom. The van der Waals surface area contributed by atoms with Crippen molar-refractivity contribution in [3.8, 4) is 0 Å². The monoisotopic (exact) mass is 403 g/mol. The Morgan fingerprint density at radius 2 is 1.41 bits per heavy atom. The Labute approximate surface area is 175 Å².